The summed E-state index contributed by atoms with van der Waals surface area (Å²) in [7, 11) is 1.64. The zero-order valence-corrected chi connectivity index (χ0v) is 18.4. The molecule has 0 saturated heterocycles. The maximum Gasteiger partial charge on any atom is 0.268 e. The maximum absolute atomic E-state index is 12.8. The summed E-state index contributed by atoms with van der Waals surface area (Å²) >= 11 is 0. The molecule has 7 nitrogen and oxygen atoms in total. The normalized spacial score (nSPS) is 11.1. The molecule has 7 heteroatoms. The lowest BCUT2D eigenvalue weighted by atomic mass is 10.0. The quantitative estimate of drug-likeness (QED) is 0.288. The molecule has 1 amide bonds. The molecule has 2 heterocycles. The van der Waals surface area contributed by atoms with Crippen LogP contribution in [0.2, 0.25) is 0 Å². The second kappa shape index (κ2) is 9.20. The van der Waals surface area contributed by atoms with Crippen molar-refractivity contribution in [2.24, 2.45) is 0 Å². The van der Waals surface area contributed by atoms with Crippen LogP contribution in [0.1, 0.15) is 44.1 Å². The van der Waals surface area contributed by atoms with E-state index in [0.717, 1.165) is 28.8 Å². The first-order chi connectivity index (χ1) is 15.5. The predicted molar refractivity (Wildman–Crippen MR) is 124 cm³/mol. The molecule has 4 aromatic rings. The number of aryl methyl sites for hydroxylation is 1. The van der Waals surface area contributed by atoms with Gasteiger partial charge in [0.15, 0.2) is 5.78 Å². The highest BCUT2D eigenvalue weighted by molar-refractivity contribution is 6.10. The summed E-state index contributed by atoms with van der Waals surface area (Å²) in [5.41, 5.74) is 5.81. The largest absolute Gasteiger partial charge is 0.385 e. The van der Waals surface area contributed by atoms with Gasteiger partial charge in [-0.1, -0.05) is 30.3 Å². The monoisotopic (exact) mass is 430 g/mol. The van der Waals surface area contributed by atoms with Crippen molar-refractivity contribution in [1.82, 2.24) is 20.3 Å². The average molecular weight is 431 g/mol. The molecule has 2 aromatic carbocycles. The number of nitrogens with one attached hydrogen (secondary N) is 3. The highest BCUT2D eigenvalue weighted by Gasteiger charge is 2.21. The first-order valence-corrected chi connectivity index (χ1v) is 10.6. The van der Waals surface area contributed by atoms with Crippen molar-refractivity contribution in [3.63, 3.8) is 0 Å². The number of amides is 1. The number of ether oxygens (including phenoxy) is 1. The van der Waals surface area contributed by atoms with E-state index in [2.05, 4.69) is 15.3 Å². The Morgan fingerprint density at radius 2 is 1.81 bits per heavy atom. The van der Waals surface area contributed by atoms with Gasteiger partial charge < -0.3 is 20.0 Å². The third-order valence-electron chi connectivity index (χ3n) is 5.49. The molecule has 2 aromatic heterocycles. The average Bonchev–Trinajstić information content (AvgIpc) is 3.35. The van der Waals surface area contributed by atoms with Gasteiger partial charge in [0.25, 0.3) is 5.91 Å². The van der Waals surface area contributed by atoms with Gasteiger partial charge in [0.1, 0.15) is 11.5 Å². The number of hydrogen-bond donors (Lipinski definition) is 3. The number of aromatic amines is 2. The van der Waals surface area contributed by atoms with E-state index < -0.39 is 0 Å². The van der Waals surface area contributed by atoms with Gasteiger partial charge in [0.2, 0.25) is 0 Å². The summed E-state index contributed by atoms with van der Waals surface area (Å²) in [6.07, 6.45) is 0.751. The zero-order valence-electron chi connectivity index (χ0n) is 18.4. The minimum absolute atomic E-state index is 0.0431. The number of methoxy groups -OCH3 is 1. The summed E-state index contributed by atoms with van der Waals surface area (Å²) in [6, 6.07) is 14.6. The Balaban J connectivity index is 1.62. The number of rotatable bonds is 8. The standard InChI is InChI=1S/C25H26N4O3/c1-15-21(16(2)27-22(15)25(31)26-12-7-13-32-3)24-28-19-11-10-18(14-20(19)29-24)23(30)17-8-5-4-6-9-17/h4-6,8-11,14,27H,7,12-13H2,1-3H3,(H,26,31)(H,28,29). The van der Waals surface area contributed by atoms with Crippen LogP contribution < -0.4 is 5.32 Å². The number of nitrogens with zero attached hydrogens (tertiary/aromatic N) is 1. The van der Waals surface area contributed by atoms with E-state index in [0.29, 0.717) is 41.3 Å². The summed E-state index contributed by atoms with van der Waals surface area (Å²) in [4.78, 5) is 36.6. The third kappa shape index (κ3) is 4.20. The fraction of sp³-hybridized carbons (Fsp3) is 0.240. The molecule has 0 spiro atoms. The zero-order chi connectivity index (χ0) is 22.7. The maximum atomic E-state index is 12.8. The fourth-order valence-corrected chi connectivity index (χ4v) is 3.86. The van der Waals surface area contributed by atoms with E-state index in [1.165, 1.54) is 0 Å². The second-order valence-corrected chi connectivity index (χ2v) is 7.74. The number of benzene rings is 2. The minimum atomic E-state index is -0.153. The van der Waals surface area contributed by atoms with Crippen LogP contribution >= 0.6 is 0 Å². The Bertz CT molecular complexity index is 1270. The van der Waals surface area contributed by atoms with Gasteiger partial charge in [-0.3, -0.25) is 9.59 Å². The molecule has 0 atom stereocenters. The molecule has 164 valence electrons. The molecule has 0 radical (unpaired) electrons. The van der Waals surface area contributed by atoms with Crippen molar-refractivity contribution in [1.29, 1.82) is 0 Å². The van der Waals surface area contributed by atoms with E-state index >= 15 is 0 Å². The van der Waals surface area contributed by atoms with Crippen LogP contribution in [0.5, 0.6) is 0 Å². The lowest BCUT2D eigenvalue weighted by molar-refractivity contribution is 0.0943. The summed E-state index contributed by atoms with van der Waals surface area (Å²) in [6.45, 7) is 4.96. The number of carbonyl (C=O) groups is 2. The van der Waals surface area contributed by atoms with Crippen LogP contribution in [0, 0.1) is 13.8 Å². The number of ketones is 1. The van der Waals surface area contributed by atoms with Gasteiger partial charge >= 0.3 is 0 Å². The fourth-order valence-electron chi connectivity index (χ4n) is 3.86. The molecular weight excluding hydrogens is 404 g/mol. The van der Waals surface area contributed by atoms with Gasteiger partial charge in [0.05, 0.1) is 11.0 Å². The SMILES string of the molecule is COCCCNC(=O)c1[nH]c(C)c(-c2nc3cc(C(=O)c4ccccc4)ccc3[nH]2)c1C. The number of carbonyl (C=O) groups excluding carboxylic acids is 2. The molecule has 0 fully saturated rings. The summed E-state index contributed by atoms with van der Waals surface area (Å²) in [5.74, 6) is 0.465. The Morgan fingerprint density at radius 1 is 1.03 bits per heavy atom. The number of imidazole rings is 1. The van der Waals surface area contributed by atoms with Crippen molar-refractivity contribution in [3.05, 3.63) is 76.6 Å². The number of H-pyrrole nitrogens is 2. The Hall–Kier alpha value is -3.71. The van der Waals surface area contributed by atoms with Crippen molar-refractivity contribution in [2.75, 3.05) is 20.3 Å². The molecule has 0 saturated carbocycles. The van der Waals surface area contributed by atoms with Crippen molar-refractivity contribution in [3.8, 4) is 11.4 Å². The first-order valence-electron chi connectivity index (χ1n) is 10.6. The highest BCUT2D eigenvalue weighted by Crippen LogP contribution is 2.29. The molecular formula is C25H26N4O3. The molecule has 0 bridgehead atoms. The van der Waals surface area contributed by atoms with Gasteiger partial charge in [-0.05, 0) is 44.0 Å². The third-order valence-corrected chi connectivity index (χ3v) is 5.49. The molecule has 0 aliphatic heterocycles. The molecule has 0 unspecified atom stereocenters. The molecule has 3 N–H and O–H groups in total. The first kappa shape index (κ1) is 21.5. The van der Waals surface area contributed by atoms with Gasteiger partial charge in [-0.15, -0.1) is 0 Å². The van der Waals surface area contributed by atoms with Crippen molar-refractivity contribution >= 4 is 22.7 Å². The van der Waals surface area contributed by atoms with E-state index in [9.17, 15) is 9.59 Å². The Kier molecular flexibility index (Phi) is 6.18. The molecule has 0 aliphatic carbocycles. The minimum Gasteiger partial charge on any atom is -0.385 e. The number of fused-ring (bicyclic) bond motifs is 1. The molecule has 4 rings (SSSR count). The second-order valence-electron chi connectivity index (χ2n) is 7.74. The lowest BCUT2D eigenvalue weighted by Gasteiger charge is -2.04. The number of hydrogen-bond acceptors (Lipinski definition) is 4. The smallest absolute Gasteiger partial charge is 0.268 e. The van der Waals surface area contributed by atoms with E-state index in [1.54, 1.807) is 31.4 Å². The van der Waals surface area contributed by atoms with Crippen molar-refractivity contribution < 1.29 is 14.3 Å². The van der Waals surface area contributed by atoms with E-state index in [1.807, 2.05) is 38.1 Å². The van der Waals surface area contributed by atoms with Crippen LogP contribution in [0.3, 0.4) is 0 Å². The Labute approximate surface area is 186 Å². The molecule has 32 heavy (non-hydrogen) atoms. The van der Waals surface area contributed by atoms with Gasteiger partial charge in [0, 0.05) is 42.6 Å². The molecule has 0 aliphatic rings. The van der Waals surface area contributed by atoms with Crippen LogP contribution in [0.25, 0.3) is 22.4 Å². The van der Waals surface area contributed by atoms with Crippen LogP contribution in [0.15, 0.2) is 48.5 Å². The highest BCUT2D eigenvalue weighted by atomic mass is 16.5. The Morgan fingerprint density at radius 3 is 2.56 bits per heavy atom. The van der Waals surface area contributed by atoms with E-state index in [-0.39, 0.29) is 11.7 Å². The van der Waals surface area contributed by atoms with Gasteiger partial charge in [-0.2, -0.15) is 0 Å². The topological polar surface area (TPSA) is 99.9 Å². The summed E-state index contributed by atoms with van der Waals surface area (Å²) < 4.78 is 5.02. The van der Waals surface area contributed by atoms with Crippen molar-refractivity contribution in [2.45, 2.75) is 20.3 Å². The summed E-state index contributed by atoms with van der Waals surface area (Å²) in [5, 5.41) is 2.91. The number of aromatic nitrogens is 3. The van der Waals surface area contributed by atoms with Crippen LogP contribution in [0.4, 0.5) is 0 Å². The predicted octanol–water partition coefficient (Wildman–Crippen LogP) is 4.17. The van der Waals surface area contributed by atoms with E-state index in [4.69, 9.17) is 9.72 Å². The van der Waals surface area contributed by atoms with Gasteiger partial charge in [-0.25, -0.2) is 4.98 Å². The van der Waals surface area contributed by atoms with Crippen LogP contribution in [-0.2, 0) is 4.74 Å². The van der Waals surface area contributed by atoms with Crippen LogP contribution in [-0.4, -0.2) is 46.9 Å². The lowest BCUT2D eigenvalue weighted by Crippen LogP contribution is -2.26.